The SMILES string of the molecule is CC(O)(CNC(=O)CC1CC1)CC(=O)O. The third-order valence-electron chi connectivity index (χ3n) is 2.37. The number of aliphatic carboxylic acids is 1. The lowest BCUT2D eigenvalue weighted by Gasteiger charge is -2.21. The Kier molecular flexibility index (Phi) is 3.68. The van der Waals surface area contributed by atoms with E-state index in [1.807, 2.05) is 0 Å². The van der Waals surface area contributed by atoms with Crippen LogP contribution in [-0.4, -0.2) is 34.2 Å². The minimum atomic E-state index is -1.37. The molecule has 0 aromatic heterocycles. The summed E-state index contributed by atoms with van der Waals surface area (Å²) in [5, 5.41) is 20.6. The standard InChI is InChI=1S/C10H17NO4/c1-10(15,5-9(13)14)6-11-8(12)4-7-2-3-7/h7,15H,2-6H2,1H3,(H,11,12)(H,13,14). The molecule has 15 heavy (non-hydrogen) atoms. The van der Waals surface area contributed by atoms with Crippen LogP contribution in [0.5, 0.6) is 0 Å². The third-order valence-corrected chi connectivity index (χ3v) is 2.37. The molecule has 1 saturated carbocycles. The molecule has 3 N–H and O–H groups in total. The quantitative estimate of drug-likeness (QED) is 0.587. The van der Waals surface area contributed by atoms with Crippen molar-refractivity contribution in [3.8, 4) is 0 Å². The molecule has 1 amide bonds. The first kappa shape index (κ1) is 12.0. The van der Waals surface area contributed by atoms with Gasteiger partial charge in [-0.3, -0.25) is 9.59 Å². The Labute approximate surface area is 88.5 Å². The molecule has 1 fully saturated rings. The van der Waals surface area contributed by atoms with Crippen molar-refractivity contribution in [2.75, 3.05) is 6.54 Å². The van der Waals surface area contributed by atoms with Gasteiger partial charge >= 0.3 is 5.97 Å². The van der Waals surface area contributed by atoms with Crippen LogP contribution in [0.1, 0.15) is 32.6 Å². The van der Waals surface area contributed by atoms with Crippen molar-refractivity contribution >= 4 is 11.9 Å². The van der Waals surface area contributed by atoms with Crippen LogP contribution in [0, 0.1) is 5.92 Å². The molecule has 86 valence electrons. The maximum absolute atomic E-state index is 11.3. The Hall–Kier alpha value is -1.10. The Morgan fingerprint density at radius 2 is 2.07 bits per heavy atom. The van der Waals surface area contributed by atoms with Gasteiger partial charge in [0.15, 0.2) is 0 Å². The van der Waals surface area contributed by atoms with E-state index in [9.17, 15) is 14.7 Å². The van der Waals surface area contributed by atoms with Gasteiger partial charge in [-0.05, 0) is 25.7 Å². The Bertz CT molecular complexity index is 258. The van der Waals surface area contributed by atoms with Gasteiger partial charge in [0.05, 0.1) is 12.0 Å². The van der Waals surface area contributed by atoms with E-state index in [0.717, 1.165) is 12.8 Å². The van der Waals surface area contributed by atoms with E-state index in [0.29, 0.717) is 12.3 Å². The molecule has 0 heterocycles. The van der Waals surface area contributed by atoms with Crippen LogP contribution in [-0.2, 0) is 9.59 Å². The largest absolute Gasteiger partial charge is 0.481 e. The van der Waals surface area contributed by atoms with Gasteiger partial charge in [-0.1, -0.05) is 0 Å². The normalized spacial score (nSPS) is 19.3. The molecule has 1 aliphatic rings. The van der Waals surface area contributed by atoms with E-state index in [1.165, 1.54) is 6.92 Å². The average molecular weight is 215 g/mol. The maximum Gasteiger partial charge on any atom is 0.306 e. The summed E-state index contributed by atoms with van der Waals surface area (Å²) in [5.41, 5.74) is -1.37. The fourth-order valence-corrected chi connectivity index (χ4v) is 1.33. The molecule has 0 spiro atoms. The smallest absolute Gasteiger partial charge is 0.306 e. The second-order valence-electron chi connectivity index (χ2n) is 4.49. The molecule has 0 aromatic carbocycles. The number of rotatable bonds is 6. The maximum atomic E-state index is 11.3. The highest BCUT2D eigenvalue weighted by molar-refractivity contribution is 5.76. The van der Waals surface area contributed by atoms with Gasteiger partial charge in [-0.15, -0.1) is 0 Å². The van der Waals surface area contributed by atoms with Crippen LogP contribution in [0.2, 0.25) is 0 Å². The predicted molar refractivity (Wildman–Crippen MR) is 53.2 cm³/mol. The van der Waals surface area contributed by atoms with E-state index in [2.05, 4.69) is 5.32 Å². The van der Waals surface area contributed by atoms with E-state index in [4.69, 9.17) is 5.11 Å². The van der Waals surface area contributed by atoms with Crippen molar-refractivity contribution in [2.24, 2.45) is 5.92 Å². The van der Waals surface area contributed by atoms with Crippen LogP contribution in [0.15, 0.2) is 0 Å². The third kappa shape index (κ3) is 5.37. The van der Waals surface area contributed by atoms with Crippen LogP contribution >= 0.6 is 0 Å². The molecule has 0 radical (unpaired) electrons. The van der Waals surface area contributed by atoms with Gasteiger partial charge in [0.25, 0.3) is 0 Å². The van der Waals surface area contributed by atoms with Crippen molar-refractivity contribution in [1.82, 2.24) is 5.32 Å². The first-order chi connectivity index (χ1) is 6.89. The number of hydrogen-bond donors (Lipinski definition) is 3. The van der Waals surface area contributed by atoms with Gasteiger partial charge < -0.3 is 15.5 Å². The zero-order chi connectivity index (χ0) is 11.5. The summed E-state index contributed by atoms with van der Waals surface area (Å²) < 4.78 is 0. The number of nitrogens with one attached hydrogen (secondary N) is 1. The summed E-state index contributed by atoms with van der Waals surface area (Å²) in [6.07, 6.45) is 2.32. The van der Waals surface area contributed by atoms with Gasteiger partial charge in [-0.25, -0.2) is 0 Å². The number of carboxylic acids is 1. The molecule has 1 rings (SSSR count). The first-order valence-electron chi connectivity index (χ1n) is 5.10. The van der Waals surface area contributed by atoms with Gasteiger partial charge in [-0.2, -0.15) is 0 Å². The lowest BCUT2D eigenvalue weighted by Crippen LogP contribution is -2.42. The number of hydrogen-bond acceptors (Lipinski definition) is 3. The number of carboxylic acid groups (broad SMARTS) is 1. The summed E-state index contributed by atoms with van der Waals surface area (Å²) in [6, 6.07) is 0. The van der Waals surface area contributed by atoms with E-state index in [1.54, 1.807) is 0 Å². The molecule has 1 atom stereocenters. The summed E-state index contributed by atoms with van der Waals surface area (Å²) in [7, 11) is 0. The van der Waals surface area contributed by atoms with E-state index in [-0.39, 0.29) is 18.9 Å². The number of carbonyl (C=O) groups is 2. The highest BCUT2D eigenvalue weighted by atomic mass is 16.4. The summed E-state index contributed by atoms with van der Waals surface area (Å²) in [6.45, 7) is 1.39. The average Bonchev–Trinajstić information content (AvgIpc) is 2.82. The Balaban J connectivity index is 2.21. The summed E-state index contributed by atoms with van der Waals surface area (Å²) >= 11 is 0. The zero-order valence-electron chi connectivity index (χ0n) is 8.82. The van der Waals surface area contributed by atoms with Gasteiger partial charge in [0.1, 0.15) is 0 Å². The monoisotopic (exact) mass is 215 g/mol. The van der Waals surface area contributed by atoms with Crippen molar-refractivity contribution in [1.29, 1.82) is 0 Å². The predicted octanol–water partition coefficient (Wildman–Crippen LogP) is 0.128. The highest BCUT2D eigenvalue weighted by Gasteiger charge is 2.27. The van der Waals surface area contributed by atoms with Crippen LogP contribution in [0.3, 0.4) is 0 Å². The van der Waals surface area contributed by atoms with Crippen LogP contribution in [0.25, 0.3) is 0 Å². The molecule has 5 heteroatoms. The molecule has 0 bridgehead atoms. The Morgan fingerprint density at radius 3 is 2.53 bits per heavy atom. The summed E-state index contributed by atoms with van der Waals surface area (Å²) in [5.74, 6) is -0.686. The van der Waals surface area contributed by atoms with Crippen molar-refractivity contribution in [3.63, 3.8) is 0 Å². The fraction of sp³-hybridized carbons (Fsp3) is 0.800. The van der Waals surface area contributed by atoms with Crippen molar-refractivity contribution in [3.05, 3.63) is 0 Å². The molecular formula is C10H17NO4. The van der Waals surface area contributed by atoms with Gasteiger partial charge in [0.2, 0.25) is 5.91 Å². The minimum absolute atomic E-state index is 0.00907. The topological polar surface area (TPSA) is 86.6 Å². The highest BCUT2D eigenvalue weighted by Crippen LogP contribution is 2.32. The lowest BCUT2D eigenvalue weighted by molar-refractivity contribution is -0.142. The van der Waals surface area contributed by atoms with Crippen molar-refractivity contribution in [2.45, 2.75) is 38.2 Å². The van der Waals surface area contributed by atoms with Gasteiger partial charge in [0, 0.05) is 13.0 Å². The molecule has 1 unspecified atom stereocenters. The second kappa shape index (κ2) is 4.61. The molecule has 5 nitrogen and oxygen atoms in total. The first-order valence-corrected chi connectivity index (χ1v) is 5.10. The fourth-order valence-electron chi connectivity index (χ4n) is 1.33. The molecular weight excluding hydrogens is 198 g/mol. The number of aliphatic hydroxyl groups is 1. The second-order valence-corrected chi connectivity index (χ2v) is 4.49. The van der Waals surface area contributed by atoms with Crippen molar-refractivity contribution < 1.29 is 19.8 Å². The number of carbonyl (C=O) groups excluding carboxylic acids is 1. The van der Waals surface area contributed by atoms with Crippen LogP contribution in [0.4, 0.5) is 0 Å². The molecule has 0 aliphatic heterocycles. The van der Waals surface area contributed by atoms with E-state index < -0.39 is 11.6 Å². The molecule has 1 aliphatic carbocycles. The lowest BCUT2D eigenvalue weighted by atomic mass is 10.0. The molecule has 0 aromatic rings. The number of amides is 1. The summed E-state index contributed by atoms with van der Waals surface area (Å²) in [4.78, 5) is 21.6. The van der Waals surface area contributed by atoms with E-state index >= 15 is 0 Å². The Morgan fingerprint density at radius 1 is 1.47 bits per heavy atom. The van der Waals surface area contributed by atoms with Crippen LogP contribution < -0.4 is 5.32 Å². The zero-order valence-corrected chi connectivity index (χ0v) is 8.82. The molecule has 0 saturated heterocycles. The minimum Gasteiger partial charge on any atom is -0.481 e.